The van der Waals surface area contributed by atoms with Gasteiger partial charge in [0.1, 0.15) is 0 Å². The summed E-state index contributed by atoms with van der Waals surface area (Å²) in [5.41, 5.74) is 2.83. The van der Waals surface area contributed by atoms with E-state index in [9.17, 15) is 0 Å². The Balaban J connectivity index is 1.41. The van der Waals surface area contributed by atoms with Crippen molar-refractivity contribution in [3.63, 3.8) is 0 Å². The van der Waals surface area contributed by atoms with E-state index >= 15 is 0 Å². The molecule has 2 nitrogen and oxygen atoms in total. The monoisotopic (exact) mass is 344 g/mol. The molecule has 1 saturated heterocycles. The summed E-state index contributed by atoms with van der Waals surface area (Å²) in [5, 5.41) is 0. The Morgan fingerprint density at radius 2 is 1.72 bits per heavy atom. The lowest BCUT2D eigenvalue weighted by atomic mass is 9.45. The van der Waals surface area contributed by atoms with Crippen molar-refractivity contribution in [1.82, 2.24) is 0 Å². The number of rotatable bonds is 0. The summed E-state index contributed by atoms with van der Waals surface area (Å²) >= 11 is 0. The maximum atomic E-state index is 6.10. The molecule has 2 heteroatoms. The van der Waals surface area contributed by atoms with E-state index in [0.717, 1.165) is 49.7 Å². The van der Waals surface area contributed by atoms with E-state index < -0.39 is 0 Å². The van der Waals surface area contributed by atoms with Crippen LogP contribution in [0, 0.1) is 34.5 Å². The van der Waals surface area contributed by atoms with E-state index in [4.69, 9.17) is 9.47 Å². The van der Waals surface area contributed by atoms with Crippen molar-refractivity contribution >= 4 is 0 Å². The molecule has 0 aromatic rings. The van der Waals surface area contributed by atoms with Gasteiger partial charge in [0.05, 0.1) is 13.2 Å². The molecule has 25 heavy (non-hydrogen) atoms. The molecule has 1 heterocycles. The van der Waals surface area contributed by atoms with Crippen LogP contribution in [0.25, 0.3) is 0 Å². The summed E-state index contributed by atoms with van der Waals surface area (Å²) < 4.78 is 12.2. The van der Waals surface area contributed by atoms with Crippen LogP contribution in [-0.2, 0) is 9.47 Å². The Kier molecular flexibility index (Phi) is 3.75. The second-order valence-corrected chi connectivity index (χ2v) is 10.3. The van der Waals surface area contributed by atoms with Crippen LogP contribution in [0.5, 0.6) is 0 Å². The highest BCUT2D eigenvalue weighted by Gasteiger charge is 2.61. The lowest BCUT2D eigenvalue weighted by Crippen LogP contribution is -2.55. The zero-order valence-corrected chi connectivity index (χ0v) is 16.5. The van der Waals surface area contributed by atoms with Crippen molar-refractivity contribution in [2.45, 2.75) is 84.3 Å². The summed E-state index contributed by atoms with van der Waals surface area (Å²) in [6, 6.07) is 0. The van der Waals surface area contributed by atoms with Gasteiger partial charge < -0.3 is 9.47 Å². The molecule has 0 aromatic carbocycles. The molecule has 0 bridgehead atoms. The van der Waals surface area contributed by atoms with Gasteiger partial charge in [-0.05, 0) is 86.4 Å². The van der Waals surface area contributed by atoms with Gasteiger partial charge in [-0.15, -0.1) is 0 Å². The molecular weight excluding hydrogens is 308 g/mol. The normalized spacial score (nSPS) is 52.8. The van der Waals surface area contributed by atoms with Gasteiger partial charge in [-0.3, -0.25) is 0 Å². The third-order valence-electron chi connectivity index (χ3n) is 9.68. The second kappa shape index (κ2) is 5.58. The van der Waals surface area contributed by atoms with E-state index in [1.54, 1.807) is 5.57 Å². The third kappa shape index (κ3) is 2.22. The summed E-state index contributed by atoms with van der Waals surface area (Å²) in [6.45, 7) is 9.13. The van der Waals surface area contributed by atoms with E-state index in [1.807, 2.05) is 0 Å². The van der Waals surface area contributed by atoms with Crippen LogP contribution in [0.15, 0.2) is 11.6 Å². The average Bonchev–Trinajstić information content (AvgIpc) is 3.19. The van der Waals surface area contributed by atoms with Crippen molar-refractivity contribution in [2.75, 3.05) is 13.2 Å². The molecule has 1 aliphatic heterocycles. The maximum absolute atomic E-state index is 6.10. The Morgan fingerprint density at radius 3 is 2.48 bits per heavy atom. The van der Waals surface area contributed by atoms with Crippen LogP contribution in [0.1, 0.15) is 78.6 Å². The zero-order chi connectivity index (χ0) is 17.3. The van der Waals surface area contributed by atoms with E-state index in [2.05, 4.69) is 26.8 Å². The topological polar surface area (TPSA) is 18.5 Å². The van der Waals surface area contributed by atoms with Crippen molar-refractivity contribution in [1.29, 1.82) is 0 Å². The SMILES string of the molecule is C/C=C1/CC[C@H]2[C@@H]3CC[C@@H]4CC5(CC[C@]4(C)[C@H]3CC[C@]12C)OCCO5. The van der Waals surface area contributed by atoms with Gasteiger partial charge in [-0.25, -0.2) is 0 Å². The molecule has 5 aliphatic rings. The molecule has 4 saturated carbocycles. The first-order valence-electron chi connectivity index (χ1n) is 10.9. The van der Waals surface area contributed by atoms with Crippen molar-refractivity contribution in [3.05, 3.63) is 11.6 Å². The van der Waals surface area contributed by atoms with Gasteiger partial charge in [0.25, 0.3) is 0 Å². The lowest BCUT2D eigenvalue weighted by Gasteiger charge is -2.61. The fraction of sp³-hybridized carbons (Fsp3) is 0.913. The minimum atomic E-state index is -0.203. The minimum absolute atomic E-state index is 0.203. The second-order valence-electron chi connectivity index (χ2n) is 10.3. The Labute approximate surface area is 153 Å². The third-order valence-corrected chi connectivity index (χ3v) is 9.68. The summed E-state index contributed by atoms with van der Waals surface area (Å²) in [4.78, 5) is 0. The van der Waals surface area contributed by atoms with Crippen LogP contribution < -0.4 is 0 Å². The standard InChI is InChI=1S/C23H36O2/c1-4-16-6-8-19-18-7-5-17-15-23(24-13-14-25-23)12-11-22(17,3)20(18)9-10-21(16,19)2/h4,17-20H,5-15H2,1-3H3/b16-4-/t17-,18+,19+,20+,21-,22+/m1/s1. The van der Waals surface area contributed by atoms with Crippen LogP contribution in [0.2, 0.25) is 0 Å². The Morgan fingerprint density at radius 1 is 0.920 bits per heavy atom. The first kappa shape index (κ1) is 16.8. The smallest absolute Gasteiger partial charge is 0.168 e. The Bertz CT molecular complexity index is 575. The van der Waals surface area contributed by atoms with Gasteiger partial charge >= 0.3 is 0 Å². The minimum Gasteiger partial charge on any atom is -0.348 e. The van der Waals surface area contributed by atoms with Gasteiger partial charge in [0, 0.05) is 12.8 Å². The number of ether oxygens (including phenoxy) is 2. The van der Waals surface area contributed by atoms with Crippen molar-refractivity contribution in [3.8, 4) is 0 Å². The van der Waals surface area contributed by atoms with Crippen LogP contribution in [0.3, 0.4) is 0 Å². The quantitative estimate of drug-likeness (QED) is 0.523. The largest absolute Gasteiger partial charge is 0.348 e. The molecule has 140 valence electrons. The molecule has 0 aromatic heterocycles. The van der Waals surface area contributed by atoms with E-state index in [1.165, 1.54) is 44.9 Å². The molecule has 6 atom stereocenters. The van der Waals surface area contributed by atoms with E-state index in [0.29, 0.717) is 10.8 Å². The molecule has 0 radical (unpaired) electrons. The highest BCUT2D eigenvalue weighted by Crippen LogP contribution is 2.68. The molecule has 1 spiro atoms. The summed E-state index contributed by atoms with van der Waals surface area (Å²) in [5.74, 6) is 3.47. The maximum Gasteiger partial charge on any atom is 0.168 e. The Hall–Kier alpha value is -0.340. The van der Waals surface area contributed by atoms with Gasteiger partial charge in [0.15, 0.2) is 5.79 Å². The van der Waals surface area contributed by atoms with Gasteiger partial charge in [-0.2, -0.15) is 0 Å². The predicted molar refractivity (Wildman–Crippen MR) is 100 cm³/mol. The summed E-state index contributed by atoms with van der Waals surface area (Å²) in [6.07, 6.45) is 14.6. The van der Waals surface area contributed by atoms with Gasteiger partial charge in [-0.1, -0.05) is 25.5 Å². The highest BCUT2D eigenvalue weighted by atomic mass is 16.7. The number of hydrogen-bond donors (Lipinski definition) is 0. The molecule has 4 aliphatic carbocycles. The van der Waals surface area contributed by atoms with Crippen LogP contribution in [-0.4, -0.2) is 19.0 Å². The first-order valence-corrected chi connectivity index (χ1v) is 10.9. The molecule has 5 fully saturated rings. The number of hydrogen-bond acceptors (Lipinski definition) is 2. The van der Waals surface area contributed by atoms with Crippen molar-refractivity contribution < 1.29 is 9.47 Å². The molecule has 0 unspecified atom stereocenters. The summed E-state index contributed by atoms with van der Waals surface area (Å²) in [7, 11) is 0. The molecular formula is C23H36O2. The number of fused-ring (bicyclic) bond motifs is 5. The zero-order valence-electron chi connectivity index (χ0n) is 16.5. The number of allylic oxidation sites excluding steroid dienone is 2. The fourth-order valence-corrected chi connectivity index (χ4v) is 8.28. The highest BCUT2D eigenvalue weighted by molar-refractivity contribution is 5.23. The molecule has 5 rings (SSSR count). The van der Waals surface area contributed by atoms with Crippen LogP contribution >= 0.6 is 0 Å². The first-order chi connectivity index (χ1) is 12.0. The van der Waals surface area contributed by atoms with Crippen LogP contribution in [0.4, 0.5) is 0 Å². The molecule has 0 amide bonds. The van der Waals surface area contributed by atoms with Gasteiger partial charge in [0.2, 0.25) is 0 Å². The molecule has 0 N–H and O–H groups in total. The fourth-order valence-electron chi connectivity index (χ4n) is 8.28. The predicted octanol–water partition coefficient (Wildman–Crippen LogP) is 5.72. The average molecular weight is 345 g/mol. The van der Waals surface area contributed by atoms with E-state index in [-0.39, 0.29) is 5.79 Å². The lowest BCUT2D eigenvalue weighted by molar-refractivity contribution is -0.228. The van der Waals surface area contributed by atoms with Crippen molar-refractivity contribution in [2.24, 2.45) is 34.5 Å².